The number of nitrogens with two attached hydrogens (primary N) is 1. The van der Waals surface area contributed by atoms with Gasteiger partial charge in [0.15, 0.2) is 5.13 Å². The molecular formula is C27H21N5O5S2. The van der Waals surface area contributed by atoms with Crippen molar-refractivity contribution < 1.29 is 23.0 Å². The van der Waals surface area contributed by atoms with E-state index in [9.17, 15) is 18.8 Å². The topological polar surface area (TPSA) is 160 Å². The second-order valence-corrected chi connectivity index (χ2v) is 11.0. The number of aromatic nitrogens is 1. The number of nitrogens with zero attached hydrogens (tertiary/aromatic N) is 3. The molecule has 1 aliphatic rings. The van der Waals surface area contributed by atoms with Gasteiger partial charge in [0.25, 0.3) is 0 Å². The van der Waals surface area contributed by atoms with Crippen LogP contribution >= 0.6 is 11.3 Å². The predicted molar refractivity (Wildman–Crippen MR) is 147 cm³/mol. The minimum Gasteiger partial charge on any atom is -0.508 e. The van der Waals surface area contributed by atoms with Gasteiger partial charge in [0.1, 0.15) is 23.1 Å². The summed E-state index contributed by atoms with van der Waals surface area (Å²) >= 11 is 1.30. The van der Waals surface area contributed by atoms with Crippen molar-refractivity contribution in [2.45, 2.75) is 10.8 Å². The van der Waals surface area contributed by atoms with Crippen LogP contribution < -0.4 is 19.9 Å². The molecule has 2 heterocycles. The fourth-order valence-electron chi connectivity index (χ4n) is 3.90. The van der Waals surface area contributed by atoms with E-state index in [2.05, 4.69) is 21.4 Å². The fraction of sp³-hybridized carbons (Fsp3) is 0.0741. The molecule has 0 fully saturated rings. The van der Waals surface area contributed by atoms with Crippen LogP contribution in [0.2, 0.25) is 0 Å². The Morgan fingerprint density at radius 3 is 2.44 bits per heavy atom. The second kappa shape index (κ2) is 10.6. The molecule has 1 aromatic heterocycles. The van der Waals surface area contributed by atoms with E-state index in [0.717, 1.165) is 5.56 Å². The molecule has 10 nitrogen and oxygen atoms in total. The molecule has 0 saturated heterocycles. The molecule has 0 spiro atoms. The van der Waals surface area contributed by atoms with E-state index in [1.165, 1.54) is 35.6 Å². The largest absolute Gasteiger partial charge is 0.508 e. The number of nitrogens with one attached hydrogen (secondary N) is 1. The molecule has 1 unspecified atom stereocenters. The minimum atomic E-state index is -3.81. The third-order valence-corrected chi connectivity index (χ3v) is 7.77. The molecular weight excluding hydrogens is 538 g/mol. The number of hydrogen-bond donors (Lipinski definition) is 3. The van der Waals surface area contributed by atoms with Gasteiger partial charge in [0, 0.05) is 11.9 Å². The van der Waals surface area contributed by atoms with E-state index in [1.807, 2.05) is 24.3 Å². The van der Waals surface area contributed by atoms with Crippen LogP contribution in [-0.4, -0.2) is 31.8 Å². The van der Waals surface area contributed by atoms with Gasteiger partial charge >= 0.3 is 0 Å². The lowest BCUT2D eigenvalue weighted by atomic mass is 9.89. The van der Waals surface area contributed by atoms with Gasteiger partial charge in [-0.15, -0.1) is 0 Å². The molecule has 5 rings (SSSR count). The smallest absolute Gasteiger partial charge is 0.238 e. The van der Waals surface area contributed by atoms with Crippen LogP contribution in [0.4, 0.5) is 10.8 Å². The maximum absolute atomic E-state index is 11.6. The number of methoxy groups -OCH3 is 1. The molecule has 1 atom stereocenters. The van der Waals surface area contributed by atoms with Gasteiger partial charge in [-0.25, -0.2) is 18.5 Å². The van der Waals surface area contributed by atoms with Crippen molar-refractivity contribution in [2.75, 3.05) is 12.4 Å². The van der Waals surface area contributed by atoms with E-state index in [1.54, 1.807) is 37.6 Å². The Morgan fingerprint density at radius 1 is 1.13 bits per heavy atom. The van der Waals surface area contributed by atoms with Crippen molar-refractivity contribution in [1.82, 2.24) is 4.98 Å². The average molecular weight is 560 g/mol. The Balaban J connectivity index is 1.53. The number of allylic oxidation sites excluding steroid dienone is 1. The Bertz CT molecular complexity index is 1720. The molecule has 0 aliphatic carbocycles. The van der Waals surface area contributed by atoms with Gasteiger partial charge in [-0.2, -0.15) is 10.2 Å². The zero-order chi connectivity index (χ0) is 27.6. The van der Waals surface area contributed by atoms with Crippen molar-refractivity contribution in [1.29, 1.82) is 5.26 Å². The predicted octanol–water partition coefficient (Wildman–Crippen LogP) is 4.63. The summed E-state index contributed by atoms with van der Waals surface area (Å²) in [6, 6.07) is 22.0. The molecule has 4 N–H and O–H groups in total. The molecule has 0 bridgehead atoms. The number of hydrogen-bond acceptors (Lipinski definition) is 10. The lowest BCUT2D eigenvalue weighted by Crippen LogP contribution is -2.14. The molecule has 0 saturated carbocycles. The van der Waals surface area contributed by atoms with Crippen molar-refractivity contribution in [3.05, 3.63) is 100 Å². The summed E-state index contributed by atoms with van der Waals surface area (Å²) in [6.45, 7) is 0. The van der Waals surface area contributed by atoms with E-state index in [4.69, 9.17) is 14.6 Å². The number of anilines is 2. The van der Waals surface area contributed by atoms with Gasteiger partial charge in [0.2, 0.25) is 21.8 Å². The summed E-state index contributed by atoms with van der Waals surface area (Å²) in [5.41, 5.74) is 2.42. The Kier molecular flexibility index (Phi) is 7.03. The van der Waals surface area contributed by atoms with Crippen LogP contribution in [0.1, 0.15) is 21.9 Å². The third-order valence-electron chi connectivity index (χ3n) is 5.82. The summed E-state index contributed by atoms with van der Waals surface area (Å²) in [5.74, 6) is 0.696. The fourth-order valence-corrected chi connectivity index (χ4v) is 5.46. The summed E-state index contributed by atoms with van der Waals surface area (Å²) in [4.78, 5) is 9.72. The number of nitriles is 1. The lowest BCUT2D eigenvalue weighted by molar-refractivity contribution is 0.384. The number of aromatic hydroxyl groups is 1. The number of sulfonamides is 1. The summed E-state index contributed by atoms with van der Waals surface area (Å²) < 4.78 is 34.4. The second-order valence-electron chi connectivity index (χ2n) is 8.37. The zero-order valence-electron chi connectivity index (χ0n) is 20.4. The Hall–Kier alpha value is -4.70. The first-order chi connectivity index (χ1) is 18.7. The standard InChI is InChI=1S/C27H21N5O5S2/c1-36-20-10-4-17(5-11-20)23-22(14-28)25(30-15-16-2-8-19(33)9-3-16)37-26-24(23)38-27(32-26)31-18-6-12-21(13-7-18)39(29,34)35/h2-13,15,23,33H,1H3,(H,31,32)(H2,29,34,35). The van der Waals surface area contributed by atoms with Crippen LogP contribution in [0.25, 0.3) is 0 Å². The van der Waals surface area contributed by atoms with Crippen LogP contribution in [0.3, 0.4) is 0 Å². The summed E-state index contributed by atoms with van der Waals surface area (Å²) in [5, 5.41) is 28.5. The van der Waals surface area contributed by atoms with Gasteiger partial charge in [-0.3, -0.25) is 0 Å². The average Bonchev–Trinajstić information content (AvgIpc) is 3.33. The summed E-state index contributed by atoms with van der Waals surface area (Å²) in [6.07, 6.45) is 1.54. The van der Waals surface area contributed by atoms with Crippen molar-refractivity contribution in [2.24, 2.45) is 10.1 Å². The van der Waals surface area contributed by atoms with Gasteiger partial charge in [0.05, 0.1) is 22.8 Å². The molecule has 1 aliphatic heterocycles. The number of phenols is 1. The number of phenolic OH excluding ortho intramolecular Hbond substituents is 1. The first-order valence-corrected chi connectivity index (χ1v) is 13.8. The van der Waals surface area contributed by atoms with Gasteiger partial charge < -0.3 is 19.9 Å². The molecule has 0 radical (unpaired) electrons. The molecule has 3 aromatic carbocycles. The maximum Gasteiger partial charge on any atom is 0.238 e. The van der Waals surface area contributed by atoms with E-state index < -0.39 is 15.9 Å². The number of thiazole rings is 1. The minimum absolute atomic E-state index is 0.00613. The number of aliphatic imine (C=N–C) groups is 1. The van der Waals surface area contributed by atoms with Crippen LogP contribution in [-0.2, 0) is 10.0 Å². The molecule has 12 heteroatoms. The monoisotopic (exact) mass is 559 g/mol. The van der Waals surface area contributed by atoms with Crippen molar-refractivity contribution in [3.63, 3.8) is 0 Å². The number of ether oxygens (including phenoxy) is 2. The first kappa shape index (κ1) is 25.9. The maximum atomic E-state index is 11.6. The highest BCUT2D eigenvalue weighted by Gasteiger charge is 2.35. The lowest BCUT2D eigenvalue weighted by Gasteiger charge is -2.22. The third kappa shape index (κ3) is 5.60. The molecule has 0 amide bonds. The molecule has 39 heavy (non-hydrogen) atoms. The molecule has 196 valence electrons. The van der Waals surface area contributed by atoms with E-state index in [-0.39, 0.29) is 16.5 Å². The number of primary sulfonamides is 1. The normalized spacial score (nSPS) is 14.9. The Labute approximate surface area is 228 Å². The van der Waals surface area contributed by atoms with E-state index in [0.29, 0.717) is 38.5 Å². The highest BCUT2D eigenvalue weighted by Crippen LogP contribution is 2.47. The Morgan fingerprint density at radius 2 is 1.82 bits per heavy atom. The number of fused-ring (bicyclic) bond motifs is 1. The van der Waals surface area contributed by atoms with Gasteiger partial charge in [-0.05, 0) is 71.8 Å². The van der Waals surface area contributed by atoms with Crippen LogP contribution in [0, 0.1) is 11.3 Å². The SMILES string of the molecule is COc1ccc(C2C(C#N)=C(N=Cc3ccc(O)cc3)Oc3nc(Nc4ccc(S(N)(=O)=O)cc4)sc32)cc1. The number of rotatable bonds is 7. The molecule has 4 aromatic rings. The first-order valence-electron chi connectivity index (χ1n) is 11.4. The summed E-state index contributed by atoms with van der Waals surface area (Å²) in [7, 11) is -2.23. The van der Waals surface area contributed by atoms with Crippen molar-refractivity contribution in [3.8, 4) is 23.4 Å². The van der Waals surface area contributed by atoms with E-state index >= 15 is 0 Å². The quantitative estimate of drug-likeness (QED) is 0.276. The van der Waals surface area contributed by atoms with Crippen molar-refractivity contribution >= 4 is 38.4 Å². The van der Waals surface area contributed by atoms with Crippen LogP contribution in [0.15, 0.2) is 94.1 Å². The van der Waals surface area contributed by atoms with Gasteiger partial charge in [-0.1, -0.05) is 23.5 Å². The highest BCUT2D eigenvalue weighted by molar-refractivity contribution is 7.89. The van der Waals surface area contributed by atoms with Crippen LogP contribution in [0.5, 0.6) is 17.4 Å². The highest BCUT2D eigenvalue weighted by atomic mass is 32.2. The number of benzene rings is 3. The zero-order valence-corrected chi connectivity index (χ0v) is 22.0.